The van der Waals surface area contributed by atoms with Crippen LogP contribution in [0.5, 0.6) is 5.75 Å². The minimum Gasteiger partial charge on any atom is -0.492 e. The lowest BCUT2D eigenvalue weighted by Gasteiger charge is -2.14. The van der Waals surface area contributed by atoms with E-state index in [0.29, 0.717) is 0 Å². The summed E-state index contributed by atoms with van der Waals surface area (Å²) in [5.41, 5.74) is 3.32. The van der Waals surface area contributed by atoms with Crippen molar-refractivity contribution in [3.05, 3.63) is 28.8 Å². The predicted molar refractivity (Wildman–Crippen MR) is 83.1 cm³/mol. The SMILES string of the molecule is CCCNCc1cc(C)c(OCCS(C)(=O)=O)c(C)c1. The van der Waals surface area contributed by atoms with Crippen LogP contribution in [0.4, 0.5) is 0 Å². The van der Waals surface area contributed by atoms with Crippen LogP contribution in [0.25, 0.3) is 0 Å². The summed E-state index contributed by atoms with van der Waals surface area (Å²) in [6, 6.07) is 4.18. The second-order valence-electron chi connectivity index (χ2n) is 5.21. The van der Waals surface area contributed by atoms with E-state index in [1.807, 2.05) is 13.8 Å². The molecule has 114 valence electrons. The number of hydrogen-bond acceptors (Lipinski definition) is 4. The van der Waals surface area contributed by atoms with Gasteiger partial charge < -0.3 is 10.1 Å². The number of nitrogens with one attached hydrogen (secondary N) is 1. The predicted octanol–water partition coefficient (Wildman–Crippen LogP) is 2.23. The number of sulfone groups is 1. The molecule has 0 atom stereocenters. The van der Waals surface area contributed by atoms with E-state index in [2.05, 4.69) is 24.4 Å². The van der Waals surface area contributed by atoms with Crippen LogP contribution in [0.15, 0.2) is 12.1 Å². The van der Waals surface area contributed by atoms with Crippen molar-refractivity contribution in [1.29, 1.82) is 0 Å². The van der Waals surface area contributed by atoms with Crippen LogP contribution in [0, 0.1) is 13.8 Å². The van der Waals surface area contributed by atoms with E-state index in [-0.39, 0.29) is 12.4 Å². The molecule has 5 heteroatoms. The van der Waals surface area contributed by atoms with Gasteiger partial charge in [-0.1, -0.05) is 19.1 Å². The van der Waals surface area contributed by atoms with Crippen LogP contribution in [-0.2, 0) is 16.4 Å². The van der Waals surface area contributed by atoms with Gasteiger partial charge in [0, 0.05) is 12.8 Å². The lowest BCUT2D eigenvalue weighted by molar-refractivity contribution is 0.336. The van der Waals surface area contributed by atoms with Crippen LogP contribution < -0.4 is 10.1 Å². The van der Waals surface area contributed by atoms with Gasteiger partial charge in [0.15, 0.2) is 9.84 Å². The minimum absolute atomic E-state index is 0.0473. The molecule has 0 heterocycles. The molecule has 0 saturated heterocycles. The Hall–Kier alpha value is -1.07. The Bertz CT molecular complexity index is 515. The molecule has 1 aromatic carbocycles. The molecular weight excluding hydrogens is 274 g/mol. The van der Waals surface area contributed by atoms with Crippen molar-refractivity contribution in [2.75, 3.05) is 25.2 Å². The smallest absolute Gasteiger partial charge is 0.150 e. The first kappa shape index (κ1) is 17.0. The van der Waals surface area contributed by atoms with Crippen molar-refractivity contribution in [3.8, 4) is 5.75 Å². The molecule has 0 fully saturated rings. The number of ether oxygens (including phenoxy) is 1. The lowest BCUT2D eigenvalue weighted by atomic mass is 10.1. The quantitative estimate of drug-likeness (QED) is 0.748. The van der Waals surface area contributed by atoms with Gasteiger partial charge in [-0.2, -0.15) is 0 Å². The highest BCUT2D eigenvalue weighted by Gasteiger charge is 2.08. The first-order chi connectivity index (χ1) is 9.33. The number of aryl methyl sites for hydroxylation is 2. The van der Waals surface area contributed by atoms with Crippen molar-refractivity contribution in [3.63, 3.8) is 0 Å². The van der Waals surface area contributed by atoms with E-state index in [1.165, 1.54) is 11.8 Å². The monoisotopic (exact) mass is 299 g/mol. The van der Waals surface area contributed by atoms with E-state index in [9.17, 15) is 8.42 Å². The molecule has 1 aromatic rings. The van der Waals surface area contributed by atoms with Gasteiger partial charge in [0.1, 0.15) is 12.4 Å². The van der Waals surface area contributed by atoms with E-state index < -0.39 is 9.84 Å². The van der Waals surface area contributed by atoms with Gasteiger partial charge >= 0.3 is 0 Å². The number of benzene rings is 1. The topological polar surface area (TPSA) is 55.4 Å². The molecule has 20 heavy (non-hydrogen) atoms. The fourth-order valence-electron chi connectivity index (χ4n) is 2.07. The largest absolute Gasteiger partial charge is 0.492 e. The Labute approximate surface area is 122 Å². The average molecular weight is 299 g/mol. The molecular formula is C15H25NO3S. The highest BCUT2D eigenvalue weighted by molar-refractivity contribution is 7.90. The number of rotatable bonds is 8. The molecule has 0 saturated carbocycles. The van der Waals surface area contributed by atoms with Crippen LogP contribution in [0.1, 0.15) is 30.0 Å². The van der Waals surface area contributed by atoms with E-state index in [1.54, 1.807) is 0 Å². The van der Waals surface area contributed by atoms with Crippen molar-refractivity contribution in [2.24, 2.45) is 0 Å². The lowest BCUT2D eigenvalue weighted by Crippen LogP contribution is -2.15. The maximum Gasteiger partial charge on any atom is 0.150 e. The summed E-state index contributed by atoms with van der Waals surface area (Å²) in [4.78, 5) is 0. The van der Waals surface area contributed by atoms with Gasteiger partial charge in [-0.15, -0.1) is 0 Å². The molecule has 0 spiro atoms. The second-order valence-corrected chi connectivity index (χ2v) is 7.47. The fraction of sp³-hybridized carbons (Fsp3) is 0.600. The Kier molecular flexibility index (Phi) is 6.49. The van der Waals surface area contributed by atoms with Crippen LogP contribution in [0.2, 0.25) is 0 Å². The highest BCUT2D eigenvalue weighted by Crippen LogP contribution is 2.24. The molecule has 0 aliphatic carbocycles. The molecule has 1 rings (SSSR count). The first-order valence-electron chi connectivity index (χ1n) is 6.95. The van der Waals surface area contributed by atoms with E-state index >= 15 is 0 Å². The molecule has 0 bridgehead atoms. The van der Waals surface area contributed by atoms with Crippen molar-refractivity contribution in [2.45, 2.75) is 33.7 Å². The summed E-state index contributed by atoms with van der Waals surface area (Å²) in [6.07, 6.45) is 2.34. The van der Waals surface area contributed by atoms with Gasteiger partial charge in [-0.25, -0.2) is 8.42 Å². The van der Waals surface area contributed by atoms with Crippen LogP contribution in [-0.4, -0.2) is 33.6 Å². The zero-order valence-electron chi connectivity index (χ0n) is 12.8. The molecule has 0 aliphatic heterocycles. The van der Waals surface area contributed by atoms with E-state index in [0.717, 1.165) is 36.4 Å². The van der Waals surface area contributed by atoms with Crippen molar-refractivity contribution < 1.29 is 13.2 Å². The molecule has 1 N–H and O–H groups in total. The third-order valence-electron chi connectivity index (χ3n) is 2.98. The molecule has 0 aliphatic rings. The molecule has 0 amide bonds. The maximum atomic E-state index is 11.1. The standard InChI is InChI=1S/C15H25NO3S/c1-5-6-16-11-14-9-12(2)15(13(3)10-14)19-7-8-20(4,17)18/h9-10,16H,5-8,11H2,1-4H3. The minimum atomic E-state index is -2.98. The zero-order chi connectivity index (χ0) is 15.2. The van der Waals surface area contributed by atoms with Gasteiger partial charge in [0.05, 0.1) is 5.75 Å². The Morgan fingerprint density at radius 2 is 1.80 bits per heavy atom. The molecule has 4 nitrogen and oxygen atoms in total. The van der Waals surface area contributed by atoms with Crippen LogP contribution in [0.3, 0.4) is 0 Å². The first-order valence-corrected chi connectivity index (χ1v) is 9.01. The molecule has 0 unspecified atom stereocenters. The summed E-state index contributed by atoms with van der Waals surface area (Å²) in [5.74, 6) is 0.846. The second kappa shape index (κ2) is 7.64. The highest BCUT2D eigenvalue weighted by atomic mass is 32.2. The van der Waals surface area contributed by atoms with Crippen molar-refractivity contribution >= 4 is 9.84 Å². The third-order valence-corrected chi connectivity index (χ3v) is 3.88. The van der Waals surface area contributed by atoms with Crippen LogP contribution >= 0.6 is 0 Å². The van der Waals surface area contributed by atoms with Gasteiger partial charge in [0.25, 0.3) is 0 Å². The fourth-order valence-corrected chi connectivity index (χ4v) is 2.46. The number of hydrogen-bond donors (Lipinski definition) is 1. The Morgan fingerprint density at radius 1 is 1.20 bits per heavy atom. The Morgan fingerprint density at radius 3 is 2.30 bits per heavy atom. The summed E-state index contributed by atoms with van der Waals surface area (Å²) < 4.78 is 27.8. The van der Waals surface area contributed by atoms with E-state index in [4.69, 9.17) is 4.74 Å². The molecule has 0 radical (unpaired) electrons. The van der Waals surface area contributed by atoms with Gasteiger partial charge in [-0.05, 0) is 43.5 Å². The molecule has 0 aromatic heterocycles. The summed E-state index contributed by atoms with van der Waals surface area (Å²) in [6.45, 7) is 8.18. The summed E-state index contributed by atoms with van der Waals surface area (Å²) >= 11 is 0. The zero-order valence-corrected chi connectivity index (χ0v) is 13.6. The summed E-state index contributed by atoms with van der Waals surface area (Å²) in [5, 5.41) is 3.37. The van der Waals surface area contributed by atoms with Gasteiger partial charge in [-0.3, -0.25) is 0 Å². The summed E-state index contributed by atoms with van der Waals surface area (Å²) in [7, 11) is -2.98. The van der Waals surface area contributed by atoms with Gasteiger partial charge in [0.2, 0.25) is 0 Å². The Balaban J connectivity index is 2.68. The average Bonchev–Trinajstić information content (AvgIpc) is 2.32. The van der Waals surface area contributed by atoms with Crippen molar-refractivity contribution in [1.82, 2.24) is 5.32 Å². The normalized spacial score (nSPS) is 11.6. The maximum absolute atomic E-state index is 11.1. The third kappa shape index (κ3) is 5.92.